The lowest BCUT2D eigenvalue weighted by Gasteiger charge is -2.15. The highest BCUT2D eigenvalue weighted by molar-refractivity contribution is 5.87. The molecule has 0 radical (unpaired) electrons. The van der Waals surface area contributed by atoms with E-state index in [2.05, 4.69) is 11.5 Å². The number of carbonyl (C=O) groups is 1. The van der Waals surface area contributed by atoms with Crippen LogP contribution in [0.2, 0.25) is 0 Å². The van der Waals surface area contributed by atoms with Gasteiger partial charge in [-0.05, 0) is 31.2 Å². The number of rotatable bonds is 6. The summed E-state index contributed by atoms with van der Waals surface area (Å²) < 4.78 is 0. The van der Waals surface area contributed by atoms with Crippen LogP contribution in [0.4, 0.5) is 0 Å². The Morgan fingerprint density at radius 3 is 2.56 bits per heavy atom. The van der Waals surface area contributed by atoms with Crippen molar-refractivity contribution in [3.63, 3.8) is 0 Å². The van der Waals surface area contributed by atoms with Crippen LogP contribution in [0.1, 0.15) is 22.3 Å². The number of aromatic carboxylic acids is 1. The van der Waals surface area contributed by atoms with Crippen LogP contribution in [-0.2, 0) is 6.54 Å². The van der Waals surface area contributed by atoms with Gasteiger partial charge in [-0.1, -0.05) is 18.2 Å². The monoisotopic (exact) mass is 219 g/mol. The molecule has 3 heteroatoms. The summed E-state index contributed by atoms with van der Waals surface area (Å²) in [5, 5.41) is 8.75. The predicted octanol–water partition coefficient (Wildman–Crippen LogP) is 2.39. The Morgan fingerprint density at radius 2 is 2.06 bits per heavy atom. The van der Waals surface area contributed by atoms with Crippen molar-refractivity contribution in [2.75, 3.05) is 13.6 Å². The van der Waals surface area contributed by atoms with E-state index < -0.39 is 5.97 Å². The summed E-state index contributed by atoms with van der Waals surface area (Å²) in [6.45, 7) is 5.47. The maximum absolute atomic E-state index is 10.7. The van der Waals surface area contributed by atoms with Gasteiger partial charge >= 0.3 is 5.97 Å². The van der Waals surface area contributed by atoms with Crippen LogP contribution >= 0.6 is 0 Å². The molecule has 0 fully saturated rings. The van der Waals surface area contributed by atoms with Gasteiger partial charge in [-0.25, -0.2) is 4.79 Å². The maximum Gasteiger partial charge on any atom is 0.335 e. The van der Waals surface area contributed by atoms with Crippen LogP contribution in [0.25, 0.3) is 0 Å². The first kappa shape index (κ1) is 12.5. The van der Waals surface area contributed by atoms with Crippen molar-refractivity contribution in [1.82, 2.24) is 4.90 Å². The van der Waals surface area contributed by atoms with E-state index in [9.17, 15) is 4.79 Å². The summed E-state index contributed by atoms with van der Waals surface area (Å²) >= 11 is 0. The SMILES string of the molecule is C=CCCN(C)Cc1ccc(C(=O)O)cc1. The molecule has 0 heterocycles. The molecule has 0 spiro atoms. The first-order valence-corrected chi connectivity index (χ1v) is 5.25. The van der Waals surface area contributed by atoms with E-state index in [0.29, 0.717) is 5.56 Å². The standard InChI is InChI=1S/C13H17NO2/c1-3-4-9-14(2)10-11-5-7-12(8-6-11)13(15)16/h3,5-8H,1,4,9-10H2,2H3,(H,15,16). The molecule has 0 aliphatic rings. The summed E-state index contributed by atoms with van der Waals surface area (Å²) in [4.78, 5) is 12.8. The third kappa shape index (κ3) is 3.87. The van der Waals surface area contributed by atoms with Crippen LogP contribution in [0.3, 0.4) is 0 Å². The number of hydrogen-bond acceptors (Lipinski definition) is 2. The van der Waals surface area contributed by atoms with Gasteiger partial charge in [-0.15, -0.1) is 6.58 Å². The highest BCUT2D eigenvalue weighted by atomic mass is 16.4. The lowest BCUT2D eigenvalue weighted by Crippen LogP contribution is -2.18. The van der Waals surface area contributed by atoms with Crippen molar-refractivity contribution in [1.29, 1.82) is 0 Å². The molecule has 3 nitrogen and oxygen atoms in total. The smallest absolute Gasteiger partial charge is 0.335 e. The van der Waals surface area contributed by atoms with E-state index in [1.165, 1.54) is 0 Å². The molecular weight excluding hydrogens is 202 g/mol. The van der Waals surface area contributed by atoms with Crippen molar-refractivity contribution in [3.05, 3.63) is 48.0 Å². The van der Waals surface area contributed by atoms with Crippen LogP contribution in [-0.4, -0.2) is 29.6 Å². The molecule has 1 aromatic carbocycles. The predicted molar refractivity (Wildman–Crippen MR) is 64.5 cm³/mol. The minimum atomic E-state index is -0.883. The second-order valence-corrected chi connectivity index (χ2v) is 3.82. The number of carboxylic acid groups (broad SMARTS) is 1. The highest BCUT2D eigenvalue weighted by Gasteiger charge is 2.03. The molecule has 0 amide bonds. The van der Waals surface area contributed by atoms with E-state index in [1.807, 2.05) is 25.3 Å². The molecule has 0 aromatic heterocycles. The molecule has 0 bridgehead atoms. The molecule has 16 heavy (non-hydrogen) atoms. The van der Waals surface area contributed by atoms with Crippen LogP contribution in [0.5, 0.6) is 0 Å². The van der Waals surface area contributed by atoms with Gasteiger partial charge in [0, 0.05) is 13.1 Å². The Bertz CT molecular complexity index is 357. The molecule has 0 saturated heterocycles. The molecule has 0 aliphatic heterocycles. The number of hydrogen-bond donors (Lipinski definition) is 1. The maximum atomic E-state index is 10.7. The fourth-order valence-electron chi connectivity index (χ4n) is 1.46. The molecule has 1 aromatic rings. The van der Waals surface area contributed by atoms with E-state index in [1.54, 1.807) is 12.1 Å². The van der Waals surface area contributed by atoms with E-state index in [-0.39, 0.29) is 0 Å². The molecule has 1 rings (SSSR count). The number of benzene rings is 1. The average molecular weight is 219 g/mol. The summed E-state index contributed by atoms with van der Waals surface area (Å²) in [5.74, 6) is -0.883. The zero-order chi connectivity index (χ0) is 12.0. The third-order valence-electron chi connectivity index (χ3n) is 2.37. The lowest BCUT2D eigenvalue weighted by atomic mass is 10.1. The molecule has 0 atom stereocenters. The molecular formula is C13H17NO2. The Kier molecular flexibility index (Phi) is 4.73. The number of nitrogens with zero attached hydrogens (tertiary/aromatic N) is 1. The second-order valence-electron chi connectivity index (χ2n) is 3.82. The zero-order valence-electron chi connectivity index (χ0n) is 9.52. The minimum absolute atomic E-state index is 0.331. The summed E-state index contributed by atoms with van der Waals surface area (Å²) in [5.41, 5.74) is 1.45. The highest BCUT2D eigenvalue weighted by Crippen LogP contribution is 2.07. The van der Waals surface area contributed by atoms with Gasteiger partial charge in [0.15, 0.2) is 0 Å². The second kappa shape index (κ2) is 6.08. The molecule has 0 saturated carbocycles. The van der Waals surface area contributed by atoms with E-state index in [0.717, 1.165) is 25.1 Å². The van der Waals surface area contributed by atoms with Crippen LogP contribution in [0, 0.1) is 0 Å². The molecule has 86 valence electrons. The minimum Gasteiger partial charge on any atom is -0.478 e. The van der Waals surface area contributed by atoms with Gasteiger partial charge in [0.2, 0.25) is 0 Å². The van der Waals surface area contributed by atoms with Crippen molar-refractivity contribution < 1.29 is 9.90 Å². The van der Waals surface area contributed by atoms with Crippen LogP contribution < -0.4 is 0 Å². The third-order valence-corrected chi connectivity index (χ3v) is 2.37. The Balaban J connectivity index is 2.54. The Labute approximate surface area is 96.0 Å². The van der Waals surface area contributed by atoms with Gasteiger partial charge in [0.25, 0.3) is 0 Å². The first-order valence-electron chi connectivity index (χ1n) is 5.25. The summed E-state index contributed by atoms with van der Waals surface area (Å²) in [7, 11) is 2.04. The van der Waals surface area contributed by atoms with Crippen molar-refractivity contribution in [3.8, 4) is 0 Å². The van der Waals surface area contributed by atoms with E-state index in [4.69, 9.17) is 5.11 Å². The molecule has 0 aliphatic carbocycles. The van der Waals surface area contributed by atoms with E-state index >= 15 is 0 Å². The van der Waals surface area contributed by atoms with Gasteiger partial charge in [-0.3, -0.25) is 0 Å². The van der Waals surface area contributed by atoms with Crippen molar-refractivity contribution in [2.24, 2.45) is 0 Å². The number of carboxylic acids is 1. The Hall–Kier alpha value is -1.61. The fourth-order valence-corrected chi connectivity index (χ4v) is 1.46. The summed E-state index contributed by atoms with van der Waals surface area (Å²) in [6, 6.07) is 6.99. The Morgan fingerprint density at radius 1 is 1.44 bits per heavy atom. The van der Waals surface area contributed by atoms with Crippen molar-refractivity contribution >= 4 is 5.97 Å². The fraction of sp³-hybridized carbons (Fsp3) is 0.308. The normalized spacial score (nSPS) is 10.4. The van der Waals surface area contributed by atoms with Gasteiger partial charge in [0.1, 0.15) is 0 Å². The quantitative estimate of drug-likeness (QED) is 0.747. The van der Waals surface area contributed by atoms with Crippen molar-refractivity contribution in [2.45, 2.75) is 13.0 Å². The topological polar surface area (TPSA) is 40.5 Å². The zero-order valence-corrected chi connectivity index (χ0v) is 9.52. The van der Waals surface area contributed by atoms with Crippen LogP contribution in [0.15, 0.2) is 36.9 Å². The molecule has 0 unspecified atom stereocenters. The first-order chi connectivity index (χ1) is 7.63. The lowest BCUT2D eigenvalue weighted by molar-refractivity contribution is 0.0697. The van der Waals surface area contributed by atoms with Gasteiger partial charge < -0.3 is 10.0 Å². The molecule has 1 N–H and O–H groups in total. The van der Waals surface area contributed by atoms with Gasteiger partial charge in [0.05, 0.1) is 5.56 Å². The summed E-state index contributed by atoms with van der Waals surface area (Å²) in [6.07, 6.45) is 2.85. The largest absolute Gasteiger partial charge is 0.478 e. The van der Waals surface area contributed by atoms with Gasteiger partial charge in [-0.2, -0.15) is 0 Å². The average Bonchev–Trinajstić information content (AvgIpc) is 2.27.